The van der Waals surface area contributed by atoms with E-state index in [2.05, 4.69) is 18.2 Å². The summed E-state index contributed by atoms with van der Waals surface area (Å²) in [6.45, 7) is 3.93. The molecule has 0 fully saturated rings. The van der Waals surface area contributed by atoms with Crippen LogP contribution in [0.1, 0.15) is 31.7 Å². The van der Waals surface area contributed by atoms with E-state index in [1.165, 1.54) is 5.56 Å². The molecule has 2 nitrogen and oxygen atoms in total. The molecule has 17 heavy (non-hydrogen) atoms. The summed E-state index contributed by atoms with van der Waals surface area (Å²) in [4.78, 5) is 11.9. The molecule has 0 aromatic heterocycles. The highest BCUT2D eigenvalue weighted by atomic mass is 16.5. The van der Waals surface area contributed by atoms with Crippen LogP contribution in [0.15, 0.2) is 35.9 Å². The lowest BCUT2D eigenvalue weighted by Crippen LogP contribution is -2.23. The molecule has 2 rings (SSSR count). The summed E-state index contributed by atoms with van der Waals surface area (Å²) in [6.07, 6.45) is 3.00. The Morgan fingerprint density at radius 3 is 2.47 bits per heavy atom. The van der Waals surface area contributed by atoms with Crippen LogP contribution in [0.4, 0.5) is 0 Å². The number of rotatable bonds is 2. The molecule has 1 aliphatic rings. The van der Waals surface area contributed by atoms with Crippen LogP contribution in [0.5, 0.6) is 5.75 Å². The first-order valence-corrected chi connectivity index (χ1v) is 5.98. The first-order valence-electron chi connectivity index (χ1n) is 5.98. The third-order valence-electron chi connectivity index (χ3n) is 3.63. The van der Waals surface area contributed by atoms with Crippen molar-refractivity contribution in [1.82, 2.24) is 0 Å². The fourth-order valence-electron chi connectivity index (χ4n) is 2.43. The predicted molar refractivity (Wildman–Crippen MR) is 68.3 cm³/mol. The van der Waals surface area contributed by atoms with Crippen LogP contribution >= 0.6 is 0 Å². The van der Waals surface area contributed by atoms with Crippen LogP contribution < -0.4 is 4.74 Å². The smallest absolute Gasteiger partial charge is 0.161 e. The quantitative estimate of drug-likeness (QED) is 0.779. The Morgan fingerprint density at radius 2 is 1.88 bits per heavy atom. The molecule has 1 aromatic rings. The predicted octanol–water partition coefficient (Wildman–Crippen LogP) is 3.33. The molecular weight excluding hydrogens is 212 g/mol. The summed E-state index contributed by atoms with van der Waals surface area (Å²) < 4.78 is 5.14. The molecule has 1 aliphatic carbocycles. The van der Waals surface area contributed by atoms with Crippen LogP contribution in [0, 0.1) is 5.92 Å². The van der Waals surface area contributed by atoms with Crippen molar-refractivity contribution in [2.24, 2.45) is 5.92 Å². The van der Waals surface area contributed by atoms with E-state index >= 15 is 0 Å². The minimum atomic E-state index is 0.0772. The number of benzene rings is 1. The van der Waals surface area contributed by atoms with Crippen molar-refractivity contribution < 1.29 is 9.53 Å². The second-order valence-electron chi connectivity index (χ2n) is 4.66. The van der Waals surface area contributed by atoms with Gasteiger partial charge in [0.15, 0.2) is 5.78 Å². The van der Waals surface area contributed by atoms with Gasteiger partial charge in [-0.05, 0) is 42.5 Å². The van der Waals surface area contributed by atoms with Gasteiger partial charge in [-0.25, -0.2) is 0 Å². The maximum atomic E-state index is 11.9. The number of allylic oxidation sites excluding steroid dienone is 2. The summed E-state index contributed by atoms with van der Waals surface area (Å²) in [6, 6.07) is 8.03. The number of hydrogen-bond donors (Lipinski definition) is 0. The maximum absolute atomic E-state index is 11.9. The van der Waals surface area contributed by atoms with Crippen LogP contribution in [0.25, 0.3) is 0 Å². The second-order valence-corrected chi connectivity index (χ2v) is 4.66. The minimum absolute atomic E-state index is 0.0772. The maximum Gasteiger partial charge on any atom is 0.161 e. The van der Waals surface area contributed by atoms with E-state index in [4.69, 9.17) is 4.74 Å². The highest BCUT2D eigenvalue weighted by molar-refractivity contribution is 5.97. The van der Waals surface area contributed by atoms with Crippen LogP contribution in [-0.4, -0.2) is 12.9 Å². The van der Waals surface area contributed by atoms with Crippen molar-refractivity contribution >= 4 is 5.78 Å². The van der Waals surface area contributed by atoms with Gasteiger partial charge in [0.1, 0.15) is 5.75 Å². The average Bonchev–Trinajstić information content (AvgIpc) is 2.36. The number of methoxy groups -OCH3 is 1. The van der Waals surface area contributed by atoms with Crippen LogP contribution in [0.2, 0.25) is 0 Å². The van der Waals surface area contributed by atoms with E-state index in [0.29, 0.717) is 5.92 Å². The van der Waals surface area contributed by atoms with E-state index in [1.54, 1.807) is 7.11 Å². The monoisotopic (exact) mass is 230 g/mol. The van der Waals surface area contributed by atoms with Gasteiger partial charge in [0.05, 0.1) is 7.11 Å². The van der Waals surface area contributed by atoms with Gasteiger partial charge in [0.2, 0.25) is 0 Å². The molecule has 0 bridgehead atoms. The molecule has 90 valence electrons. The van der Waals surface area contributed by atoms with Crippen molar-refractivity contribution in [3.05, 3.63) is 41.5 Å². The van der Waals surface area contributed by atoms with Gasteiger partial charge in [-0.1, -0.05) is 25.1 Å². The topological polar surface area (TPSA) is 26.3 Å². The lowest BCUT2D eigenvalue weighted by Gasteiger charge is -2.26. The highest BCUT2D eigenvalue weighted by Gasteiger charge is 2.28. The number of carbonyl (C=O) groups excluding carboxylic acids is 1. The average molecular weight is 230 g/mol. The molecule has 0 amide bonds. The van der Waals surface area contributed by atoms with Gasteiger partial charge in [0.25, 0.3) is 0 Å². The molecule has 1 aromatic carbocycles. The minimum Gasteiger partial charge on any atom is -0.497 e. The second kappa shape index (κ2) is 4.74. The molecule has 2 unspecified atom stereocenters. The van der Waals surface area contributed by atoms with Crippen molar-refractivity contribution in [1.29, 1.82) is 0 Å². The molecular formula is C15H18O2. The first-order chi connectivity index (χ1) is 8.13. The first kappa shape index (κ1) is 11.9. The van der Waals surface area contributed by atoms with Crippen molar-refractivity contribution in [3.8, 4) is 5.75 Å². The molecule has 0 saturated carbocycles. The van der Waals surface area contributed by atoms with Gasteiger partial charge >= 0.3 is 0 Å². The zero-order valence-corrected chi connectivity index (χ0v) is 10.6. The van der Waals surface area contributed by atoms with Crippen molar-refractivity contribution in [2.75, 3.05) is 7.11 Å². The Hall–Kier alpha value is -1.57. The largest absolute Gasteiger partial charge is 0.497 e. The third kappa shape index (κ3) is 2.26. The summed E-state index contributed by atoms with van der Waals surface area (Å²) in [5.74, 6) is 1.51. The van der Waals surface area contributed by atoms with Gasteiger partial charge in [-0.3, -0.25) is 4.79 Å². The number of ether oxygens (including phenoxy) is 1. The highest BCUT2D eigenvalue weighted by Crippen LogP contribution is 2.35. The van der Waals surface area contributed by atoms with E-state index in [9.17, 15) is 4.79 Å². The Labute approximate surface area is 102 Å². The molecule has 0 heterocycles. The normalized spacial score (nSPS) is 24.4. The lowest BCUT2D eigenvalue weighted by molar-refractivity contribution is -0.119. The third-order valence-corrected chi connectivity index (χ3v) is 3.63. The Morgan fingerprint density at radius 1 is 1.24 bits per heavy atom. The van der Waals surface area contributed by atoms with E-state index in [-0.39, 0.29) is 11.7 Å². The zero-order chi connectivity index (χ0) is 12.4. The molecule has 0 spiro atoms. The number of Topliss-reactive ketones (excluding diaryl/α,β-unsaturated/α-hetero) is 1. The molecule has 0 saturated heterocycles. The number of hydrogen-bond acceptors (Lipinski definition) is 2. The number of ketones is 1. The zero-order valence-electron chi connectivity index (χ0n) is 10.6. The molecule has 2 atom stereocenters. The molecule has 2 heteroatoms. The number of carbonyl (C=O) groups is 1. The molecule has 0 N–H and O–H groups in total. The van der Waals surface area contributed by atoms with Crippen molar-refractivity contribution in [3.63, 3.8) is 0 Å². The summed E-state index contributed by atoms with van der Waals surface area (Å²) in [5, 5.41) is 0. The Kier molecular flexibility index (Phi) is 3.32. The Bertz CT molecular complexity index is 442. The molecule has 0 aliphatic heterocycles. The SMILES string of the molecule is COc1ccc(C2CC=C(C)C(=O)C2C)cc1. The summed E-state index contributed by atoms with van der Waals surface area (Å²) in [7, 11) is 1.66. The van der Waals surface area contributed by atoms with Gasteiger partial charge in [-0.15, -0.1) is 0 Å². The van der Waals surface area contributed by atoms with Crippen LogP contribution in [0.3, 0.4) is 0 Å². The fraction of sp³-hybridized carbons (Fsp3) is 0.400. The van der Waals surface area contributed by atoms with Gasteiger partial charge in [0, 0.05) is 5.92 Å². The van der Waals surface area contributed by atoms with E-state index in [0.717, 1.165) is 17.7 Å². The Balaban J connectivity index is 2.25. The summed E-state index contributed by atoms with van der Waals surface area (Å²) in [5.41, 5.74) is 2.12. The summed E-state index contributed by atoms with van der Waals surface area (Å²) >= 11 is 0. The molecule has 0 radical (unpaired) electrons. The fourth-order valence-corrected chi connectivity index (χ4v) is 2.43. The standard InChI is InChI=1S/C15H18O2/c1-10-4-9-14(11(2)15(10)16)12-5-7-13(17-3)8-6-12/h4-8,11,14H,9H2,1-3H3. The lowest BCUT2D eigenvalue weighted by atomic mass is 9.76. The van der Waals surface area contributed by atoms with Crippen molar-refractivity contribution in [2.45, 2.75) is 26.2 Å². The van der Waals surface area contributed by atoms with Gasteiger partial charge < -0.3 is 4.74 Å². The van der Waals surface area contributed by atoms with Gasteiger partial charge in [-0.2, -0.15) is 0 Å². The van der Waals surface area contributed by atoms with E-state index < -0.39 is 0 Å². The van der Waals surface area contributed by atoms with Crippen LogP contribution in [-0.2, 0) is 4.79 Å². The van der Waals surface area contributed by atoms with E-state index in [1.807, 2.05) is 26.0 Å².